The molecular formula is C15H14FNO2. The fraction of sp³-hybridized carbons (Fsp3) is 0.133. The predicted molar refractivity (Wildman–Crippen MR) is 71.0 cm³/mol. The summed E-state index contributed by atoms with van der Waals surface area (Å²) >= 11 is 0. The number of nitrogens with two attached hydrogens (primary N) is 1. The molecule has 4 heteroatoms. The molecule has 3 N–H and O–H groups in total. The van der Waals surface area contributed by atoms with Crippen molar-refractivity contribution in [3.8, 4) is 11.1 Å². The van der Waals surface area contributed by atoms with Gasteiger partial charge in [0.25, 0.3) is 0 Å². The highest BCUT2D eigenvalue weighted by Gasteiger charge is 2.14. The minimum atomic E-state index is -0.943. The third-order valence-electron chi connectivity index (χ3n) is 2.91. The van der Waals surface area contributed by atoms with Crippen LogP contribution >= 0.6 is 0 Å². The maximum Gasteiger partial charge on any atom is 0.305 e. The Hall–Kier alpha value is -2.20. The lowest BCUT2D eigenvalue weighted by atomic mass is 9.94. The molecular weight excluding hydrogens is 245 g/mol. The number of hydrogen-bond donors (Lipinski definition) is 2. The van der Waals surface area contributed by atoms with Crippen molar-refractivity contribution in [2.24, 2.45) is 5.73 Å². The third-order valence-corrected chi connectivity index (χ3v) is 2.91. The van der Waals surface area contributed by atoms with Gasteiger partial charge >= 0.3 is 5.97 Å². The number of aliphatic carboxylic acids is 1. The van der Waals surface area contributed by atoms with Crippen LogP contribution in [0.4, 0.5) is 4.39 Å². The van der Waals surface area contributed by atoms with Gasteiger partial charge in [-0.1, -0.05) is 36.4 Å². The summed E-state index contributed by atoms with van der Waals surface area (Å²) in [6.45, 7) is 0. The predicted octanol–water partition coefficient (Wildman–Crippen LogP) is 2.97. The first kappa shape index (κ1) is 13.2. The lowest BCUT2D eigenvalue weighted by molar-refractivity contribution is -0.137. The molecule has 2 aromatic rings. The molecule has 0 aromatic heterocycles. The third kappa shape index (κ3) is 3.17. The van der Waals surface area contributed by atoms with Gasteiger partial charge in [-0.3, -0.25) is 4.79 Å². The van der Waals surface area contributed by atoms with Crippen LogP contribution in [0.5, 0.6) is 0 Å². The summed E-state index contributed by atoms with van der Waals surface area (Å²) in [5.74, 6) is -1.25. The monoisotopic (exact) mass is 259 g/mol. The van der Waals surface area contributed by atoms with E-state index in [9.17, 15) is 9.18 Å². The molecule has 0 heterocycles. The van der Waals surface area contributed by atoms with Crippen LogP contribution in [0.1, 0.15) is 18.0 Å². The Morgan fingerprint density at radius 1 is 1.16 bits per heavy atom. The van der Waals surface area contributed by atoms with E-state index in [1.54, 1.807) is 18.2 Å². The van der Waals surface area contributed by atoms with Crippen LogP contribution in [0.2, 0.25) is 0 Å². The minimum absolute atomic E-state index is 0.141. The van der Waals surface area contributed by atoms with E-state index in [-0.39, 0.29) is 12.2 Å². The van der Waals surface area contributed by atoms with Gasteiger partial charge in [0, 0.05) is 6.04 Å². The van der Waals surface area contributed by atoms with Crippen molar-refractivity contribution in [3.63, 3.8) is 0 Å². The summed E-state index contributed by atoms with van der Waals surface area (Å²) in [5, 5.41) is 8.81. The molecule has 0 bridgehead atoms. The lowest BCUT2D eigenvalue weighted by Gasteiger charge is -2.15. The average molecular weight is 259 g/mol. The highest BCUT2D eigenvalue weighted by molar-refractivity contribution is 5.71. The largest absolute Gasteiger partial charge is 0.481 e. The van der Waals surface area contributed by atoms with Gasteiger partial charge in [0.15, 0.2) is 0 Å². The Morgan fingerprint density at radius 3 is 2.42 bits per heavy atom. The van der Waals surface area contributed by atoms with E-state index in [2.05, 4.69) is 0 Å². The summed E-state index contributed by atoms with van der Waals surface area (Å²) in [6.07, 6.45) is -0.141. The molecule has 0 radical (unpaired) electrons. The number of carbonyl (C=O) groups is 1. The molecule has 0 aliphatic carbocycles. The molecule has 0 saturated heterocycles. The zero-order valence-electron chi connectivity index (χ0n) is 10.2. The molecule has 2 rings (SSSR count). The molecule has 0 fully saturated rings. The Balaban J connectivity index is 2.40. The van der Waals surface area contributed by atoms with E-state index in [0.717, 1.165) is 16.7 Å². The summed E-state index contributed by atoms with van der Waals surface area (Å²) in [6, 6.07) is 12.8. The van der Waals surface area contributed by atoms with Gasteiger partial charge in [0.1, 0.15) is 5.82 Å². The van der Waals surface area contributed by atoms with E-state index in [1.165, 1.54) is 12.1 Å². The van der Waals surface area contributed by atoms with Gasteiger partial charge in [-0.15, -0.1) is 0 Å². The lowest BCUT2D eigenvalue weighted by Crippen LogP contribution is -2.15. The first-order chi connectivity index (χ1) is 9.08. The number of benzene rings is 2. The molecule has 0 aliphatic heterocycles. The van der Waals surface area contributed by atoms with E-state index in [4.69, 9.17) is 10.8 Å². The van der Waals surface area contributed by atoms with Crippen LogP contribution in [-0.4, -0.2) is 11.1 Å². The summed E-state index contributed by atoms with van der Waals surface area (Å²) in [7, 11) is 0. The van der Waals surface area contributed by atoms with Crippen LogP contribution in [0, 0.1) is 5.82 Å². The van der Waals surface area contributed by atoms with Crippen molar-refractivity contribution in [1.29, 1.82) is 0 Å². The normalized spacial score (nSPS) is 12.1. The summed E-state index contributed by atoms with van der Waals surface area (Å²) < 4.78 is 12.9. The second-order valence-electron chi connectivity index (χ2n) is 4.30. The van der Waals surface area contributed by atoms with Crippen molar-refractivity contribution < 1.29 is 14.3 Å². The molecule has 3 nitrogen and oxygen atoms in total. The van der Waals surface area contributed by atoms with E-state index in [1.807, 2.05) is 18.2 Å². The van der Waals surface area contributed by atoms with Crippen molar-refractivity contribution in [2.45, 2.75) is 12.5 Å². The van der Waals surface area contributed by atoms with Crippen LogP contribution in [-0.2, 0) is 4.79 Å². The van der Waals surface area contributed by atoms with Gasteiger partial charge in [0.2, 0.25) is 0 Å². The standard InChI is InChI=1S/C15H14FNO2/c16-11-7-5-10(6-8-11)12-3-1-2-4-13(12)14(17)9-15(18)19/h1-8,14H,9,17H2,(H,18,19). The van der Waals surface area contributed by atoms with Gasteiger partial charge in [0.05, 0.1) is 6.42 Å². The number of hydrogen-bond acceptors (Lipinski definition) is 2. The van der Waals surface area contributed by atoms with E-state index >= 15 is 0 Å². The first-order valence-corrected chi connectivity index (χ1v) is 5.90. The van der Waals surface area contributed by atoms with Crippen LogP contribution in [0.3, 0.4) is 0 Å². The van der Waals surface area contributed by atoms with Crippen molar-refractivity contribution >= 4 is 5.97 Å². The molecule has 0 aliphatic rings. The quantitative estimate of drug-likeness (QED) is 0.887. The highest BCUT2D eigenvalue weighted by atomic mass is 19.1. The topological polar surface area (TPSA) is 63.3 Å². The van der Waals surface area contributed by atoms with Crippen molar-refractivity contribution in [3.05, 3.63) is 59.9 Å². The molecule has 19 heavy (non-hydrogen) atoms. The van der Waals surface area contributed by atoms with E-state index in [0.29, 0.717) is 0 Å². The van der Waals surface area contributed by atoms with Gasteiger partial charge < -0.3 is 10.8 Å². The van der Waals surface area contributed by atoms with Crippen molar-refractivity contribution in [1.82, 2.24) is 0 Å². The second kappa shape index (κ2) is 5.63. The first-order valence-electron chi connectivity index (χ1n) is 5.90. The molecule has 1 unspecified atom stereocenters. The van der Waals surface area contributed by atoms with Crippen molar-refractivity contribution in [2.75, 3.05) is 0 Å². The highest BCUT2D eigenvalue weighted by Crippen LogP contribution is 2.28. The zero-order valence-corrected chi connectivity index (χ0v) is 10.2. The van der Waals surface area contributed by atoms with Gasteiger partial charge in [-0.05, 0) is 28.8 Å². The molecule has 0 spiro atoms. The van der Waals surface area contributed by atoms with Gasteiger partial charge in [-0.2, -0.15) is 0 Å². The smallest absolute Gasteiger partial charge is 0.305 e. The maximum atomic E-state index is 12.9. The SMILES string of the molecule is NC(CC(=O)O)c1ccccc1-c1ccc(F)cc1. The Kier molecular flexibility index (Phi) is 3.92. The Bertz CT molecular complexity index is 581. The number of halogens is 1. The zero-order chi connectivity index (χ0) is 13.8. The molecule has 0 amide bonds. The fourth-order valence-corrected chi connectivity index (χ4v) is 2.01. The fourth-order valence-electron chi connectivity index (χ4n) is 2.01. The van der Waals surface area contributed by atoms with Gasteiger partial charge in [-0.25, -0.2) is 4.39 Å². The number of carboxylic acid groups (broad SMARTS) is 1. The Morgan fingerprint density at radius 2 is 1.79 bits per heavy atom. The molecule has 2 aromatic carbocycles. The van der Waals surface area contributed by atoms with Crippen LogP contribution in [0.25, 0.3) is 11.1 Å². The molecule has 0 saturated carbocycles. The Labute approximate surface area is 110 Å². The number of carboxylic acids is 1. The summed E-state index contributed by atoms with van der Waals surface area (Å²) in [4.78, 5) is 10.7. The minimum Gasteiger partial charge on any atom is -0.481 e. The number of rotatable bonds is 4. The van der Waals surface area contributed by atoms with Crippen LogP contribution in [0.15, 0.2) is 48.5 Å². The van der Waals surface area contributed by atoms with Crippen LogP contribution < -0.4 is 5.73 Å². The maximum absolute atomic E-state index is 12.9. The molecule has 1 atom stereocenters. The molecule has 98 valence electrons. The summed E-state index contributed by atoms with van der Waals surface area (Å²) in [5.41, 5.74) is 8.30. The average Bonchev–Trinajstić information content (AvgIpc) is 2.39. The second-order valence-corrected chi connectivity index (χ2v) is 4.30. The van der Waals surface area contributed by atoms with E-state index < -0.39 is 12.0 Å².